The average Bonchev–Trinajstić information content (AvgIpc) is 3.72. The molecular formula is C37H35ClF3N9O5. The second-order valence-electron chi connectivity index (χ2n) is 13.8. The molecule has 2 amide bonds. The van der Waals surface area contributed by atoms with E-state index >= 15 is 0 Å². The molecule has 0 atom stereocenters. The van der Waals surface area contributed by atoms with E-state index in [0.717, 1.165) is 21.7 Å². The number of aryl methyl sites for hydroxylation is 1. The zero-order valence-electron chi connectivity index (χ0n) is 29.8. The molecule has 0 spiro atoms. The Balaban J connectivity index is 1.16. The van der Waals surface area contributed by atoms with E-state index in [-0.39, 0.29) is 95.8 Å². The lowest BCUT2D eigenvalue weighted by Crippen LogP contribution is -2.51. The zero-order chi connectivity index (χ0) is 38.8. The van der Waals surface area contributed by atoms with Gasteiger partial charge >= 0.3 is 6.18 Å². The Morgan fingerprint density at radius 3 is 2.51 bits per heavy atom. The molecule has 5 aromatic rings. The van der Waals surface area contributed by atoms with Crippen LogP contribution in [0, 0.1) is 6.92 Å². The minimum atomic E-state index is -4.61. The number of anilines is 2. The van der Waals surface area contributed by atoms with Gasteiger partial charge in [0.25, 0.3) is 11.5 Å². The van der Waals surface area contributed by atoms with E-state index in [9.17, 15) is 32.7 Å². The lowest BCUT2D eigenvalue weighted by molar-refractivity contribution is -0.138. The van der Waals surface area contributed by atoms with E-state index in [1.54, 1.807) is 11.5 Å². The van der Waals surface area contributed by atoms with Gasteiger partial charge < -0.3 is 29.5 Å². The minimum Gasteiger partial charge on any atom is -0.504 e. The van der Waals surface area contributed by atoms with Gasteiger partial charge in [0.2, 0.25) is 11.7 Å². The number of rotatable bonds is 8. The number of aromatic hydroxyl groups is 1. The summed E-state index contributed by atoms with van der Waals surface area (Å²) in [5.74, 6) is -1.32. The van der Waals surface area contributed by atoms with Crippen LogP contribution in [0.2, 0.25) is 5.02 Å². The fourth-order valence-corrected chi connectivity index (χ4v) is 7.48. The van der Waals surface area contributed by atoms with Crippen molar-refractivity contribution in [3.63, 3.8) is 0 Å². The largest absolute Gasteiger partial charge is 0.504 e. The second-order valence-corrected chi connectivity index (χ2v) is 14.2. The first kappa shape index (κ1) is 36.4. The number of hydrogen-bond acceptors (Lipinski definition) is 10. The van der Waals surface area contributed by atoms with Crippen LogP contribution in [0.5, 0.6) is 5.75 Å². The first-order chi connectivity index (χ1) is 26.3. The molecule has 1 saturated heterocycles. The van der Waals surface area contributed by atoms with Gasteiger partial charge in [0, 0.05) is 31.7 Å². The Morgan fingerprint density at radius 1 is 1.05 bits per heavy atom. The van der Waals surface area contributed by atoms with Gasteiger partial charge in [-0.05, 0) is 67.0 Å². The maximum Gasteiger partial charge on any atom is 0.416 e. The summed E-state index contributed by atoms with van der Waals surface area (Å²) in [6.45, 7) is 4.77. The second kappa shape index (κ2) is 13.9. The van der Waals surface area contributed by atoms with E-state index in [1.165, 1.54) is 17.3 Å². The van der Waals surface area contributed by atoms with Crippen molar-refractivity contribution in [2.45, 2.75) is 65.0 Å². The van der Waals surface area contributed by atoms with Gasteiger partial charge in [-0.25, -0.2) is 9.97 Å². The number of amides is 2. The Kier molecular flexibility index (Phi) is 9.23. The normalized spacial score (nSPS) is 15.8. The summed E-state index contributed by atoms with van der Waals surface area (Å²) in [5.41, 5.74) is 2.36. The molecule has 286 valence electrons. The van der Waals surface area contributed by atoms with Crippen LogP contribution in [0.3, 0.4) is 0 Å². The van der Waals surface area contributed by atoms with Crippen molar-refractivity contribution >= 4 is 40.6 Å². The van der Waals surface area contributed by atoms with Crippen LogP contribution in [0.15, 0.2) is 41.5 Å². The molecule has 2 N–H and O–H groups in total. The molecule has 0 unspecified atom stereocenters. The molecule has 3 aliphatic rings. The molecule has 2 aliphatic heterocycles. The van der Waals surface area contributed by atoms with Crippen LogP contribution < -0.4 is 15.8 Å². The molecule has 0 radical (unpaired) electrons. The van der Waals surface area contributed by atoms with E-state index < -0.39 is 29.1 Å². The molecule has 8 rings (SSSR count). The number of piperazine rings is 1. The van der Waals surface area contributed by atoms with Crippen LogP contribution in [-0.2, 0) is 41.9 Å². The summed E-state index contributed by atoms with van der Waals surface area (Å²) in [5, 5.41) is 17.5. The summed E-state index contributed by atoms with van der Waals surface area (Å²) in [4.78, 5) is 57.6. The highest BCUT2D eigenvalue weighted by Crippen LogP contribution is 2.48. The highest BCUT2D eigenvalue weighted by Gasteiger charge is 2.39. The fourth-order valence-electron chi connectivity index (χ4n) is 7.27. The standard InChI is InChI=1S/C37H35ClF3N9O5/c1-3-28-31(47-8-10-48(11-9-47)34(53)30-32(52)19(2)42-18-43-30)35(54)50-36(45-33(46-50)21-6-7-22-16-55-17-23(22)12-21)49(28)15-29(51)44-27-13-24(20-4-5-20)25(14-26(27)38)37(39,40)41/h6-7,12-14,18,20,52H,3-5,8-11,15-17H2,1-2H3,(H,44,51). The molecule has 5 heterocycles. The average molecular weight is 778 g/mol. The molecule has 3 aromatic heterocycles. The third-order valence-electron chi connectivity index (χ3n) is 10.3. The quantitative estimate of drug-likeness (QED) is 0.217. The maximum atomic E-state index is 14.4. The topological polar surface area (TPSA) is 160 Å². The lowest BCUT2D eigenvalue weighted by Gasteiger charge is -2.36. The van der Waals surface area contributed by atoms with Crippen molar-refractivity contribution in [1.29, 1.82) is 0 Å². The Morgan fingerprint density at radius 2 is 1.80 bits per heavy atom. The molecule has 14 nitrogen and oxygen atoms in total. The van der Waals surface area contributed by atoms with Gasteiger partial charge in [0.15, 0.2) is 17.3 Å². The van der Waals surface area contributed by atoms with E-state index in [2.05, 4.69) is 20.4 Å². The van der Waals surface area contributed by atoms with E-state index in [4.69, 9.17) is 21.3 Å². The Bertz CT molecular complexity index is 2440. The number of hydrogen-bond donors (Lipinski definition) is 2. The van der Waals surface area contributed by atoms with E-state index in [0.29, 0.717) is 37.3 Å². The van der Waals surface area contributed by atoms with Crippen molar-refractivity contribution < 1.29 is 32.6 Å². The van der Waals surface area contributed by atoms with Gasteiger partial charge in [-0.3, -0.25) is 14.4 Å². The minimum absolute atomic E-state index is 0.0464. The number of fused-ring (bicyclic) bond motifs is 2. The van der Waals surface area contributed by atoms with Crippen LogP contribution in [0.25, 0.3) is 17.2 Å². The third-order valence-corrected chi connectivity index (χ3v) is 10.6. The number of alkyl halides is 3. The number of nitrogens with one attached hydrogen (secondary N) is 1. The van der Waals surface area contributed by atoms with Crippen molar-refractivity contribution in [3.05, 3.63) is 91.4 Å². The summed E-state index contributed by atoms with van der Waals surface area (Å²) in [6, 6.07) is 7.80. The molecule has 1 saturated carbocycles. The van der Waals surface area contributed by atoms with Crippen LogP contribution in [0.4, 0.5) is 24.5 Å². The predicted octanol–water partition coefficient (Wildman–Crippen LogP) is 5.11. The molecular weight excluding hydrogens is 743 g/mol. The zero-order valence-corrected chi connectivity index (χ0v) is 30.5. The van der Waals surface area contributed by atoms with Gasteiger partial charge in [0.05, 0.1) is 40.9 Å². The number of nitrogens with zero attached hydrogens (tertiary/aromatic N) is 8. The first-order valence-corrected chi connectivity index (χ1v) is 18.2. The molecule has 2 fully saturated rings. The summed E-state index contributed by atoms with van der Waals surface area (Å²) >= 11 is 6.33. The number of carbonyl (C=O) groups is 2. The monoisotopic (exact) mass is 777 g/mol. The van der Waals surface area contributed by atoms with Gasteiger partial charge in [-0.1, -0.05) is 30.7 Å². The van der Waals surface area contributed by atoms with Crippen LogP contribution >= 0.6 is 11.6 Å². The van der Waals surface area contributed by atoms with Gasteiger partial charge in [-0.15, -0.1) is 5.10 Å². The van der Waals surface area contributed by atoms with Crippen LogP contribution in [-0.4, -0.2) is 77.1 Å². The predicted molar refractivity (Wildman–Crippen MR) is 194 cm³/mol. The molecule has 18 heteroatoms. The molecule has 0 bridgehead atoms. The number of aromatic nitrogens is 6. The number of halogens is 4. The van der Waals surface area contributed by atoms with Crippen molar-refractivity contribution in [1.82, 2.24) is 34.0 Å². The molecule has 1 aliphatic carbocycles. The molecule has 55 heavy (non-hydrogen) atoms. The maximum absolute atomic E-state index is 14.4. The summed E-state index contributed by atoms with van der Waals surface area (Å²) in [7, 11) is 0. The van der Waals surface area contributed by atoms with Crippen molar-refractivity contribution in [3.8, 4) is 17.1 Å². The van der Waals surface area contributed by atoms with Crippen molar-refractivity contribution in [2.24, 2.45) is 0 Å². The number of ether oxygens (including phenoxy) is 1. The highest BCUT2D eigenvalue weighted by atomic mass is 35.5. The van der Waals surface area contributed by atoms with Crippen LogP contribution in [0.1, 0.15) is 69.8 Å². The SMILES string of the molecule is CCc1c(N2CCN(C(=O)c3ncnc(C)c3O)CC2)c(=O)n2nc(-c3ccc4c(c3)COC4)nc2n1CC(=O)Nc1cc(C2CC2)c(C(F)(F)F)cc1Cl. The highest BCUT2D eigenvalue weighted by molar-refractivity contribution is 6.33. The Labute approximate surface area is 316 Å². The summed E-state index contributed by atoms with van der Waals surface area (Å²) < 4.78 is 49.9. The first-order valence-electron chi connectivity index (χ1n) is 17.8. The van der Waals surface area contributed by atoms with E-state index in [1.807, 2.05) is 30.0 Å². The number of carbonyl (C=O) groups excluding carboxylic acids is 2. The smallest absolute Gasteiger partial charge is 0.416 e. The third kappa shape index (κ3) is 6.75. The number of benzene rings is 2. The van der Waals surface area contributed by atoms with Crippen molar-refractivity contribution in [2.75, 3.05) is 36.4 Å². The summed E-state index contributed by atoms with van der Waals surface area (Å²) in [6.07, 6.45) is -1.90. The molecule has 2 aromatic carbocycles. The lowest BCUT2D eigenvalue weighted by atomic mass is 10.0. The van der Waals surface area contributed by atoms with Gasteiger partial charge in [0.1, 0.15) is 18.6 Å². The fraction of sp³-hybridized carbons (Fsp3) is 0.378. The Hall–Kier alpha value is -5.55. The van der Waals surface area contributed by atoms with Gasteiger partial charge in [-0.2, -0.15) is 22.7 Å².